The van der Waals surface area contributed by atoms with Crippen molar-refractivity contribution in [3.8, 4) is 0 Å². The molecule has 1 aromatic heterocycles. The lowest BCUT2D eigenvalue weighted by atomic mass is 9.90. The van der Waals surface area contributed by atoms with E-state index < -0.39 is 0 Å². The minimum absolute atomic E-state index is 0. The molecule has 2 aliphatic rings. The van der Waals surface area contributed by atoms with Gasteiger partial charge in [0.25, 0.3) is 0 Å². The van der Waals surface area contributed by atoms with Crippen LogP contribution in [0.5, 0.6) is 0 Å². The number of ether oxygens (including phenoxy) is 1. The van der Waals surface area contributed by atoms with E-state index in [1.807, 2.05) is 12.5 Å². The minimum Gasteiger partial charge on any atom is -0.381 e. The van der Waals surface area contributed by atoms with Gasteiger partial charge in [-0.15, -0.1) is 24.0 Å². The second-order valence-electron chi connectivity index (χ2n) is 7.57. The van der Waals surface area contributed by atoms with Gasteiger partial charge < -0.3 is 19.5 Å². The van der Waals surface area contributed by atoms with Crippen LogP contribution >= 0.6 is 24.0 Å². The van der Waals surface area contributed by atoms with E-state index >= 15 is 0 Å². The number of nitrogens with zero attached hydrogens (tertiary/aromatic N) is 4. The van der Waals surface area contributed by atoms with E-state index in [0.29, 0.717) is 12.0 Å². The van der Waals surface area contributed by atoms with E-state index in [4.69, 9.17) is 9.73 Å². The first-order valence-corrected chi connectivity index (χ1v) is 9.20. The predicted molar refractivity (Wildman–Crippen MR) is 112 cm³/mol. The lowest BCUT2D eigenvalue weighted by molar-refractivity contribution is 0.162. The monoisotopic (exact) mass is 461 g/mol. The van der Waals surface area contributed by atoms with Crippen LogP contribution in [0.25, 0.3) is 0 Å². The standard InChI is InChI=1S/C18H31N5O.HI/c1-4-20-17(21-12-18(3)6-10-24-13-18)22-8-5-15(2)16(11-22)23-9-7-19-14-23;/h7,9,14-16H,4-6,8,10-13H2,1-3H3,(H,20,21);1H. The van der Waals surface area contributed by atoms with E-state index in [1.165, 1.54) is 6.42 Å². The van der Waals surface area contributed by atoms with Gasteiger partial charge in [-0.3, -0.25) is 4.99 Å². The fourth-order valence-corrected chi connectivity index (χ4v) is 3.62. The summed E-state index contributed by atoms with van der Waals surface area (Å²) in [4.78, 5) is 11.6. The molecule has 2 fully saturated rings. The zero-order valence-electron chi connectivity index (χ0n) is 15.6. The van der Waals surface area contributed by atoms with E-state index in [-0.39, 0.29) is 29.4 Å². The second-order valence-corrected chi connectivity index (χ2v) is 7.57. The Labute approximate surface area is 168 Å². The molecule has 6 nitrogen and oxygen atoms in total. The molecule has 0 aromatic carbocycles. The first-order valence-electron chi connectivity index (χ1n) is 9.20. The number of rotatable bonds is 4. The summed E-state index contributed by atoms with van der Waals surface area (Å²) in [6.45, 7) is 12.2. The Balaban J connectivity index is 0.00000225. The second kappa shape index (κ2) is 9.21. The third kappa shape index (κ3) is 5.09. The quantitative estimate of drug-likeness (QED) is 0.426. The molecule has 0 spiro atoms. The van der Waals surface area contributed by atoms with Crippen LogP contribution in [0.3, 0.4) is 0 Å². The first kappa shape index (κ1) is 20.5. The highest BCUT2D eigenvalue weighted by molar-refractivity contribution is 14.0. The van der Waals surface area contributed by atoms with Gasteiger partial charge in [0.05, 0.1) is 25.5 Å². The fourth-order valence-electron chi connectivity index (χ4n) is 3.62. The zero-order valence-corrected chi connectivity index (χ0v) is 18.0. The summed E-state index contributed by atoms with van der Waals surface area (Å²) in [7, 11) is 0. The molecule has 2 saturated heterocycles. The lowest BCUT2D eigenvalue weighted by Crippen LogP contribution is -2.49. The third-order valence-electron chi connectivity index (χ3n) is 5.37. The molecule has 3 atom stereocenters. The molecule has 1 aromatic rings. The Hall–Kier alpha value is -0.830. The molecule has 25 heavy (non-hydrogen) atoms. The summed E-state index contributed by atoms with van der Waals surface area (Å²) < 4.78 is 7.81. The number of aromatic nitrogens is 2. The van der Waals surface area contributed by atoms with Gasteiger partial charge in [0.2, 0.25) is 0 Å². The predicted octanol–water partition coefficient (Wildman–Crippen LogP) is 2.78. The van der Waals surface area contributed by atoms with Crippen LogP contribution in [0.1, 0.15) is 39.7 Å². The Morgan fingerprint density at radius 3 is 2.96 bits per heavy atom. The number of nitrogens with one attached hydrogen (secondary N) is 1. The van der Waals surface area contributed by atoms with Gasteiger partial charge in [-0.1, -0.05) is 13.8 Å². The highest BCUT2D eigenvalue weighted by Gasteiger charge is 2.31. The summed E-state index contributed by atoms with van der Waals surface area (Å²) >= 11 is 0. The molecule has 7 heteroatoms. The molecule has 1 N–H and O–H groups in total. The van der Waals surface area contributed by atoms with Gasteiger partial charge >= 0.3 is 0 Å². The van der Waals surface area contributed by atoms with Gasteiger partial charge in [-0.05, 0) is 25.7 Å². The van der Waals surface area contributed by atoms with Gasteiger partial charge in [0.15, 0.2) is 5.96 Å². The Bertz CT molecular complexity index is 542. The number of hydrogen-bond donors (Lipinski definition) is 1. The lowest BCUT2D eigenvalue weighted by Gasteiger charge is -2.39. The molecule has 0 saturated carbocycles. The number of likely N-dealkylation sites (tertiary alicyclic amines) is 1. The summed E-state index contributed by atoms with van der Waals surface area (Å²) in [5, 5.41) is 3.48. The largest absolute Gasteiger partial charge is 0.381 e. The molecular weight excluding hydrogens is 429 g/mol. The Kier molecular flexibility index (Phi) is 7.54. The summed E-state index contributed by atoms with van der Waals surface area (Å²) in [6.07, 6.45) is 8.15. The Morgan fingerprint density at radius 1 is 1.48 bits per heavy atom. The van der Waals surface area contributed by atoms with Gasteiger partial charge in [-0.25, -0.2) is 4.98 Å². The van der Waals surface area contributed by atoms with Crippen molar-refractivity contribution in [2.24, 2.45) is 16.3 Å². The highest BCUT2D eigenvalue weighted by Crippen LogP contribution is 2.29. The number of piperidine rings is 1. The van der Waals surface area contributed by atoms with E-state index in [0.717, 1.165) is 51.8 Å². The van der Waals surface area contributed by atoms with Crippen molar-refractivity contribution >= 4 is 29.9 Å². The number of imidazole rings is 1. The Morgan fingerprint density at radius 2 is 2.32 bits per heavy atom. The molecular formula is C18H32IN5O. The molecule has 3 heterocycles. The molecule has 0 bridgehead atoms. The third-order valence-corrected chi connectivity index (χ3v) is 5.37. The van der Waals surface area contributed by atoms with Crippen molar-refractivity contribution in [1.29, 1.82) is 0 Å². The molecule has 142 valence electrons. The van der Waals surface area contributed by atoms with E-state index in [2.05, 4.69) is 46.7 Å². The van der Waals surface area contributed by atoms with E-state index in [9.17, 15) is 0 Å². The van der Waals surface area contributed by atoms with Crippen molar-refractivity contribution in [2.75, 3.05) is 39.4 Å². The van der Waals surface area contributed by atoms with Crippen molar-refractivity contribution in [2.45, 2.75) is 39.7 Å². The van der Waals surface area contributed by atoms with Crippen LogP contribution in [-0.4, -0.2) is 59.8 Å². The summed E-state index contributed by atoms with van der Waals surface area (Å²) in [6, 6.07) is 0.454. The maximum atomic E-state index is 5.56. The topological polar surface area (TPSA) is 54.7 Å². The number of aliphatic imine (C=N–C) groups is 1. The molecule has 3 unspecified atom stereocenters. The van der Waals surface area contributed by atoms with Gasteiger partial charge in [0.1, 0.15) is 0 Å². The van der Waals surface area contributed by atoms with Crippen LogP contribution in [0.2, 0.25) is 0 Å². The van der Waals surface area contributed by atoms with Crippen molar-refractivity contribution in [3.05, 3.63) is 18.7 Å². The molecule has 0 amide bonds. The molecule has 3 rings (SSSR count). The SMILES string of the molecule is CCNC(=NCC1(C)CCOC1)N1CCC(C)C(n2ccnc2)C1.I. The number of halogens is 1. The van der Waals surface area contributed by atoms with Crippen LogP contribution in [0.4, 0.5) is 0 Å². The van der Waals surface area contributed by atoms with Crippen LogP contribution in [-0.2, 0) is 4.74 Å². The highest BCUT2D eigenvalue weighted by atomic mass is 127. The van der Waals surface area contributed by atoms with Gasteiger partial charge in [0, 0.05) is 44.0 Å². The number of hydrogen-bond acceptors (Lipinski definition) is 3. The molecule has 2 aliphatic heterocycles. The minimum atomic E-state index is 0. The fraction of sp³-hybridized carbons (Fsp3) is 0.778. The van der Waals surface area contributed by atoms with Crippen LogP contribution in [0, 0.1) is 11.3 Å². The smallest absolute Gasteiger partial charge is 0.194 e. The normalized spacial score (nSPS) is 30.2. The van der Waals surface area contributed by atoms with Crippen LogP contribution in [0.15, 0.2) is 23.7 Å². The van der Waals surface area contributed by atoms with Crippen molar-refractivity contribution < 1.29 is 4.74 Å². The average molecular weight is 461 g/mol. The van der Waals surface area contributed by atoms with Gasteiger partial charge in [-0.2, -0.15) is 0 Å². The van der Waals surface area contributed by atoms with Crippen molar-refractivity contribution in [3.63, 3.8) is 0 Å². The maximum absolute atomic E-state index is 5.56. The number of guanidine groups is 1. The summed E-state index contributed by atoms with van der Waals surface area (Å²) in [5.41, 5.74) is 0.188. The van der Waals surface area contributed by atoms with Crippen LogP contribution < -0.4 is 5.32 Å². The maximum Gasteiger partial charge on any atom is 0.194 e. The van der Waals surface area contributed by atoms with Crippen molar-refractivity contribution in [1.82, 2.24) is 19.8 Å². The zero-order chi connectivity index (χ0) is 17.0. The molecule has 0 aliphatic carbocycles. The first-order chi connectivity index (χ1) is 11.6. The van der Waals surface area contributed by atoms with E-state index in [1.54, 1.807) is 0 Å². The average Bonchev–Trinajstić information content (AvgIpc) is 3.24. The molecule has 0 radical (unpaired) electrons. The summed E-state index contributed by atoms with van der Waals surface area (Å²) in [5.74, 6) is 1.70.